The Kier molecular flexibility index (Phi) is 11.0. The van der Waals surface area contributed by atoms with Crippen molar-refractivity contribution in [1.29, 1.82) is 0 Å². The van der Waals surface area contributed by atoms with Crippen LogP contribution in [-0.2, 0) is 35.3 Å². The van der Waals surface area contributed by atoms with E-state index in [4.69, 9.17) is 9.47 Å². The van der Waals surface area contributed by atoms with Crippen LogP contribution in [0.2, 0.25) is 0 Å². The monoisotopic (exact) mass is 698 g/mol. The van der Waals surface area contributed by atoms with Gasteiger partial charge in [-0.1, -0.05) is 59.8 Å². The number of para-hydroxylation sites is 1. The molecule has 270 valence electrons. The maximum absolute atomic E-state index is 14.7. The van der Waals surface area contributed by atoms with Crippen LogP contribution in [0, 0.1) is 11.8 Å². The van der Waals surface area contributed by atoms with Gasteiger partial charge in [0.05, 0.1) is 29.5 Å². The van der Waals surface area contributed by atoms with Crippen molar-refractivity contribution in [2.45, 2.75) is 82.0 Å². The minimum Gasteiger partial charge on any atom is -0.455 e. The molecule has 0 unspecified atom stereocenters. The molecule has 3 aromatic rings. The molecular weight excluding hydrogens is 652 g/mol. The molecule has 6 rings (SSSR count). The molecule has 3 fully saturated rings. The average molecular weight is 699 g/mol. The number of esters is 1. The maximum Gasteiger partial charge on any atom is 0.313 e. The van der Waals surface area contributed by atoms with Crippen LogP contribution in [0.3, 0.4) is 0 Å². The third kappa shape index (κ3) is 6.92. The summed E-state index contributed by atoms with van der Waals surface area (Å²) in [6.07, 6.45) is 4.37. The summed E-state index contributed by atoms with van der Waals surface area (Å²) in [5, 5.41) is 21.0. The molecule has 51 heavy (non-hydrogen) atoms. The molecule has 2 bridgehead atoms. The van der Waals surface area contributed by atoms with Gasteiger partial charge >= 0.3 is 5.97 Å². The van der Waals surface area contributed by atoms with Crippen LogP contribution in [0.15, 0.2) is 79.9 Å². The van der Waals surface area contributed by atoms with Crippen LogP contribution in [0.5, 0.6) is 0 Å². The summed E-state index contributed by atoms with van der Waals surface area (Å²) in [6, 6.07) is 15.0. The number of amides is 3. The number of nitrogens with zero attached hydrogens (tertiary/aromatic N) is 5. The lowest BCUT2D eigenvalue weighted by Gasteiger charge is -2.36. The molecule has 3 saturated heterocycles. The fraction of sp³-hybridized carbons (Fsp3) is 0.474. The standard InChI is InChI=1S/C38H46N6O7/c1-4-6-18-30(46)39-25(3)33(26-14-8-7-9-15-26)50-37(49)31-29-19-20-38(51-29)32(31)35(47)43(22-12-13-23-45)34(38)36(48)42(21-5-2)24-44-28-17-11-10-16-27(28)40-41-44/h4-5,7-11,14-17,25,29,31-34,45H,1-2,6,12-13,18-24H2,3H3,(H,39,46)/t25-,29+,31-,32-,33-,34+,38-/m0/s1. The van der Waals surface area contributed by atoms with Crippen molar-refractivity contribution in [3.05, 3.63) is 85.5 Å². The summed E-state index contributed by atoms with van der Waals surface area (Å²) in [5.41, 5.74) is 0.872. The fourth-order valence-electron chi connectivity index (χ4n) is 8.00. The number of ether oxygens (including phenoxy) is 2. The van der Waals surface area contributed by atoms with Crippen LogP contribution in [0.25, 0.3) is 11.0 Å². The van der Waals surface area contributed by atoms with E-state index in [1.165, 1.54) is 4.90 Å². The van der Waals surface area contributed by atoms with Crippen molar-refractivity contribution >= 4 is 34.7 Å². The number of carbonyl (C=O) groups excluding carboxylic acids is 4. The molecule has 3 aliphatic heterocycles. The number of fused-ring (bicyclic) bond motifs is 2. The van der Waals surface area contributed by atoms with Crippen molar-refractivity contribution in [2.24, 2.45) is 11.8 Å². The number of rotatable bonds is 17. The van der Waals surface area contributed by atoms with Gasteiger partial charge in [0.25, 0.3) is 0 Å². The molecular formula is C38H46N6O7. The minimum atomic E-state index is -1.25. The molecule has 0 radical (unpaired) electrons. The van der Waals surface area contributed by atoms with Gasteiger partial charge < -0.3 is 29.7 Å². The minimum absolute atomic E-state index is 0.0609. The lowest BCUT2D eigenvalue weighted by Crippen LogP contribution is -2.56. The number of aliphatic hydroxyl groups excluding tert-OH is 1. The van der Waals surface area contributed by atoms with E-state index >= 15 is 0 Å². The largest absolute Gasteiger partial charge is 0.455 e. The summed E-state index contributed by atoms with van der Waals surface area (Å²) < 4.78 is 14.5. The quantitative estimate of drug-likeness (QED) is 0.123. The van der Waals surface area contributed by atoms with Crippen LogP contribution < -0.4 is 5.32 Å². The van der Waals surface area contributed by atoms with E-state index in [1.54, 1.807) is 28.7 Å². The predicted octanol–water partition coefficient (Wildman–Crippen LogP) is 3.31. The number of nitrogens with one attached hydrogen (secondary N) is 1. The molecule has 4 heterocycles. The summed E-state index contributed by atoms with van der Waals surface area (Å²) in [7, 11) is 0. The Hall–Kier alpha value is -4.88. The van der Waals surface area contributed by atoms with E-state index in [2.05, 4.69) is 28.8 Å². The van der Waals surface area contributed by atoms with Gasteiger partial charge in [-0.25, -0.2) is 4.68 Å². The number of allylic oxidation sites excluding steroid dienone is 1. The first-order chi connectivity index (χ1) is 24.7. The first kappa shape index (κ1) is 35.9. The molecule has 0 saturated carbocycles. The Morgan fingerprint density at radius 3 is 2.65 bits per heavy atom. The van der Waals surface area contributed by atoms with E-state index in [9.17, 15) is 24.3 Å². The highest BCUT2D eigenvalue weighted by molar-refractivity contribution is 5.98. The molecule has 3 amide bonds. The summed E-state index contributed by atoms with van der Waals surface area (Å²) in [5.74, 6) is -3.40. The van der Waals surface area contributed by atoms with Crippen LogP contribution in [0.4, 0.5) is 0 Å². The molecule has 13 nitrogen and oxygen atoms in total. The second kappa shape index (κ2) is 15.6. The Morgan fingerprint density at radius 1 is 1.14 bits per heavy atom. The zero-order valence-corrected chi connectivity index (χ0v) is 28.9. The normalized spacial score (nSPS) is 24.6. The summed E-state index contributed by atoms with van der Waals surface area (Å²) in [4.78, 5) is 59.3. The summed E-state index contributed by atoms with van der Waals surface area (Å²) in [6.45, 7) is 9.71. The van der Waals surface area contributed by atoms with Crippen molar-refractivity contribution < 1.29 is 33.8 Å². The van der Waals surface area contributed by atoms with E-state index in [0.717, 1.165) is 5.52 Å². The Bertz CT molecular complexity index is 1760. The smallest absolute Gasteiger partial charge is 0.313 e. The first-order valence-electron chi connectivity index (χ1n) is 17.7. The zero-order valence-electron chi connectivity index (χ0n) is 28.9. The average Bonchev–Trinajstić information content (AvgIpc) is 3.89. The van der Waals surface area contributed by atoms with Gasteiger partial charge in [0, 0.05) is 26.1 Å². The molecule has 0 aliphatic carbocycles. The van der Waals surface area contributed by atoms with E-state index < -0.39 is 47.7 Å². The number of benzene rings is 2. The second-order valence-corrected chi connectivity index (χ2v) is 13.5. The van der Waals surface area contributed by atoms with Gasteiger partial charge in [-0.15, -0.1) is 18.3 Å². The van der Waals surface area contributed by atoms with Gasteiger partial charge in [-0.05, 0) is 56.7 Å². The van der Waals surface area contributed by atoms with Gasteiger partial charge in [0.15, 0.2) is 0 Å². The Labute approximate surface area is 297 Å². The Morgan fingerprint density at radius 2 is 1.90 bits per heavy atom. The first-order valence-corrected chi connectivity index (χ1v) is 17.7. The second-order valence-electron chi connectivity index (χ2n) is 13.5. The lowest BCUT2D eigenvalue weighted by atomic mass is 9.70. The van der Waals surface area contributed by atoms with Crippen LogP contribution >= 0.6 is 0 Å². The highest BCUT2D eigenvalue weighted by atomic mass is 16.6. The van der Waals surface area contributed by atoms with Crippen molar-refractivity contribution in [3.8, 4) is 0 Å². The fourth-order valence-corrected chi connectivity index (χ4v) is 8.00. The molecule has 1 spiro atoms. The third-order valence-corrected chi connectivity index (χ3v) is 10.3. The molecule has 1 aromatic heterocycles. The molecule has 13 heteroatoms. The Balaban J connectivity index is 1.30. The number of aliphatic hydroxyl groups is 1. The SMILES string of the molecule is C=CCCC(=O)N[C@@H](C)[C@H](OC(=O)[C@@H]1[C@H]2C(=O)N(CCCCO)[C@H](C(=O)N(CC=C)Cn3nnc4ccccc43)[C@]23CC[C@H]1O3)c1ccccc1. The van der Waals surface area contributed by atoms with Crippen molar-refractivity contribution in [1.82, 2.24) is 30.1 Å². The number of likely N-dealkylation sites (tertiary alicyclic amines) is 1. The van der Waals surface area contributed by atoms with Crippen LogP contribution in [-0.4, -0.2) is 97.1 Å². The zero-order chi connectivity index (χ0) is 36.1. The maximum atomic E-state index is 14.7. The highest BCUT2D eigenvalue weighted by Crippen LogP contribution is 2.59. The van der Waals surface area contributed by atoms with Crippen LogP contribution in [0.1, 0.15) is 57.1 Å². The third-order valence-electron chi connectivity index (χ3n) is 10.3. The predicted molar refractivity (Wildman–Crippen MR) is 187 cm³/mol. The van der Waals surface area contributed by atoms with Gasteiger partial charge in [-0.2, -0.15) is 0 Å². The van der Waals surface area contributed by atoms with E-state index in [-0.39, 0.29) is 50.5 Å². The number of aromatic nitrogens is 3. The number of carbonyl (C=O) groups is 4. The molecule has 2 aromatic carbocycles. The summed E-state index contributed by atoms with van der Waals surface area (Å²) >= 11 is 0. The van der Waals surface area contributed by atoms with Crippen molar-refractivity contribution in [3.63, 3.8) is 0 Å². The van der Waals surface area contributed by atoms with Gasteiger partial charge in [0.2, 0.25) is 17.7 Å². The molecule has 7 atom stereocenters. The molecule has 3 aliphatic rings. The van der Waals surface area contributed by atoms with Gasteiger partial charge in [0.1, 0.15) is 29.9 Å². The highest BCUT2D eigenvalue weighted by Gasteiger charge is 2.75. The number of unbranched alkanes of at least 4 members (excludes halogenated alkanes) is 1. The molecule has 2 N–H and O–H groups in total. The van der Waals surface area contributed by atoms with Crippen molar-refractivity contribution in [2.75, 3.05) is 19.7 Å². The van der Waals surface area contributed by atoms with Gasteiger partial charge in [-0.3, -0.25) is 19.2 Å². The van der Waals surface area contributed by atoms with E-state index in [0.29, 0.717) is 43.2 Å². The topological polar surface area (TPSA) is 156 Å². The van der Waals surface area contributed by atoms with E-state index in [1.807, 2.05) is 54.6 Å². The number of hydrogen-bond acceptors (Lipinski definition) is 9. The number of hydrogen-bond donors (Lipinski definition) is 2. The lowest BCUT2D eigenvalue weighted by molar-refractivity contribution is -0.162.